The third-order valence-electron chi connectivity index (χ3n) is 2.59. The molecule has 98 valence electrons. The normalized spacial score (nSPS) is 13.1. The van der Waals surface area contributed by atoms with E-state index in [2.05, 4.69) is 11.2 Å². The van der Waals surface area contributed by atoms with Crippen molar-refractivity contribution in [2.75, 3.05) is 0 Å². The lowest BCUT2D eigenvalue weighted by molar-refractivity contribution is -0.137. The second-order valence-electron chi connectivity index (χ2n) is 4.09. The van der Waals surface area contributed by atoms with Crippen LogP contribution >= 0.6 is 0 Å². The first-order chi connectivity index (χ1) is 8.47. The molecular formula is C14H16F3N. The predicted octanol–water partition coefficient (Wildman–Crippen LogP) is 3.60. The molecule has 0 aromatic heterocycles. The first kappa shape index (κ1) is 14.6. The van der Waals surface area contributed by atoms with Crippen LogP contribution in [0.2, 0.25) is 0 Å². The van der Waals surface area contributed by atoms with Gasteiger partial charge in [-0.1, -0.05) is 37.5 Å². The molecule has 0 amide bonds. The molecule has 1 unspecified atom stereocenters. The van der Waals surface area contributed by atoms with E-state index in [1.807, 2.05) is 6.92 Å². The van der Waals surface area contributed by atoms with Crippen LogP contribution in [0.1, 0.15) is 30.9 Å². The summed E-state index contributed by atoms with van der Waals surface area (Å²) in [5.41, 5.74) is -0.0456. The summed E-state index contributed by atoms with van der Waals surface area (Å²) in [6.07, 6.45) is 2.78. The third kappa shape index (κ3) is 4.42. The molecule has 18 heavy (non-hydrogen) atoms. The molecular weight excluding hydrogens is 239 g/mol. The summed E-state index contributed by atoms with van der Waals surface area (Å²) >= 11 is 0. The minimum atomic E-state index is -4.30. The van der Waals surface area contributed by atoms with E-state index >= 15 is 0 Å². The zero-order valence-corrected chi connectivity index (χ0v) is 10.2. The topological polar surface area (TPSA) is 12.0 Å². The summed E-state index contributed by atoms with van der Waals surface area (Å²) in [6, 6.07) is 5.18. The molecule has 0 saturated carbocycles. The largest absolute Gasteiger partial charge is 0.416 e. The Balaban J connectivity index is 2.66. The lowest BCUT2D eigenvalue weighted by atomic mass is 10.1. The van der Waals surface area contributed by atoms with Crippen LogP contribution in [0, 0.1) is 12.3 Å². The maximum Gasteiger partial charge on any atom is 0.416 e. The van der Waals surface area contributed by atoms with Crippen LogP contribution in [-0.2, 0) is 12.7 Å². The fourth-order valence-electron chi connectivity index (χ4n) is 1.63. The standard InChI is InChI=1S/C14H16F3N/c1-3-6-13(4-2)18-10-11-7-5-8-12(9-11)14(15,16)17/h2,5,7-9,13,18H,3,6,10H2,1H3. The first-order valence-electron chi connectivity index (χ1n) is 5.83. The van der Waals surface area contributed by atoms with Crippen molar-refractivity contribution >= 4 is 0 Å². The third-order valence-corrected chi connectivity index (χ3v) is 2.59. The zero-order chi connectivity index (χ0) is 13.6. The van der Waals surface area contributed by atoms with Crippen molar-refractivity contribution in [1.82, 2.24) is 5.32 Å². The Morgan fingerprint density at radius 3 is 2.67 bits per heavy atom. The maximum atomic E-state index is 12.5. The number of rotatable bonds is 5. The SMILES string of the molecule is C#CC(CCC)NCc1cccc(C(F)(F)F)c1. The number of hydrogen-bond acceptors (Lipinski definition) is 1. The highest BCUT2D eigenvalue weighted by Gasteiger charge is 2.30. The molecule has 1 aromatic rings. The Morgan fingerprint density at radius 1 is 1.39 bits per heavy atom. The van der Waals surface area contributed by atoms with Crippen molar-refractivity contribution in [1.29, 1.82) is 0 Å². The highest BCUT2D eigenvalue weighted by molar-refractivity contribution is 5.25. The molecule has 0 saturated heterocycles. The summed E-state index contributed by atoms with van der Waals surface area (Å²) in [7, 11) is 0. The van der Waals surface area contributed by atoms with E-state index in [4.69, 9.17) is 6.42 Å². The van der Waals surface area contributed by atoms with Crippen LogP contribution in [0.3, 0.4) is 0 Å². The van der Waals surface area contributed by atoms with Gasteiger partial charge in [0, 0.05) is 6.54 Å². The Labute approximate surface area is 105 Å². The van der Waals surface area contributed by atoms with Gasteiger partial charge < -0.3 is 0 Å². The molecule has 0 aliphatic rings. The molecule has 1 N–H and O–H groups in total. The highest BCUT2D eigenvalue weighted by Crippen LogP contribution is 2.29. The Morgan fingerprint density at radius 2 is 2.11 bits per heavy atom. The predicted molar refractivity (Wildman–Crippen MR) is 65.8 cm³/mol. The molecule has 0 bridgehead atoms. The number of halogens is 3. The van der Waals surface area contributed by atoms with Gasteiger partial charge in [0.2, 0.25) is 0 Å². The van der Waals surface area contributed by atoms with Gasteiger partial charge in [0.25, 0.3) is 0 Å². The first-order valence-corrected chi connectivity index (χ1v) is 5.83. The van der Waals surface area contributed by atoms with Crippen LogP contribution in [0.25, 0.3) is 0 Å². The van der Waals surface area contributed by atoms with E-state index in [1.54, 1.807) is 6.07 Å². The Kier molecular flexibility index (Phi) is 5.24. The van der Waals surface area contributed by atoms with Gasteiger partial charge in [0.1, 0.15) is 0 Å². The number of nitrogens with one attached hydrogen (secondary N) is 1. The smallest absolute Gasteiger partial charge is 0.300 e. The van der Waals surface area contributed by atoms with Crippen LogP contribution in [0.5, 0.6) is 0 Å². The molecule has 0 radical (unpaired) electrons. The summed E-state index contributed by atoms with van der Waals surface area (Å²) in [4.78, 5) is 0. The molecule has 4 heteroatoms. The summed E-state index contributed by atoms with van der Waals surface area (Å²) < 4.78 is 37.5. The minimum absolute atomic E-state index is 0.0930. The quantitative estimate of drug-likeness (QED) is 0.793. The van der Waals surface area contributed by atoms with E-state index in [0.717, 1.165) is 25.0 Å². The summed E-state index contributed by atoms with van der Waals surface area (Å²) in [5.74, 6) is 2.58. The Hall–Kier alpha value is -1.47. The molecule has 0 heterocycles. The van der Waals surface area contributed by atoms with Crippen molar-refractivity contribution in [2.24, 2.45) is 0 Å². The summed E-state index contributed by atoms with van der Waals surface area (Å²) in [6.45, 7) is 2.36. The van der Waals surface area contributed by atoms with E-state index in [1.165, 1.54) is 6.07 Å². The van der Waals surface area contributed by atoms with Crippen LogP contribution in [0.4, 0.5) is 13.2 Å². The zero-order valence-electron chi connectivity index (χ0n) is 10.2. The second-order valence-corrected chi connectivity index (χ2v) is 4.09. The fraction of sp³-hybridized carbons (Fsp3) is 0.429. The molecule has 0 aliphatic heterocycles. The molecule has 0 fully saturated rings. The van der Waals surface area contributed by atoms with Crippen molar-refractivity contribution in [3.8, 4) is 12.3 Å². The van der Waals surface area contributed by atoms with E-state index < -0.39 is 11.7 Å². The van der Waals surface area contributed by atoms with Gasteiger partial charge in [-0.05, 0) is 18.1 Å². The van der Waals surface area contributed by atoms with Crippen LogP contribution in [-0.4, -0.2) is 6.04 Å². The number of hydrogen-bond donors (Lipinski definition) is 1. The maximum absolute atomic E-state index is 12.5. The van der Waals surface area contributed by atoms with Crippen molar-refractivity contribution in [2.45, 2.75) is 38.5 Å². The van der Waals surface area contributed by atoms with Crippen molar-refractivity contribution < 1.29 is 13.2 Å². The van der Waals surface area contributed by atoms with Gasteiger partial charge in [-0.15, -0.1) is 6.42 Å². The van der Waals surface area contributed by atoms with Gasteiger partial charge >= 0.3 is 6.18 Å². The Bertz CT molecular complexity index is 418. The molecule has 0 spiro atoms. The minimum Gasteiger partial charge on any atom is -0.300 e. The van der Waals surface area contributed by atoms with Crippen molar-refractivity contribution in [3.05, 3.63) is 35.4 Å². The number of benzene rings is 1. The molecule has 1 atom stereocenters. The van der Waals surface area contributed by atoms with Crippen LogP contribution in [0.15, 0.2) is 24.3 Å². The van der Waals surface area contributed by atoms with E-state index in [0.29, 0.717) is 12.1 Å². The number of terminal acetylenes is 1. The van der Waals surface area contributed by atoms with E-state index in [-0.39, 0.29) is 6.04 Å². The van der Waals surface area contributed by atoms with Crippen LogP contribution < -0.4 is 5.32 Å². The molecule has 1 aromatic carbocycles. The molecule has 1 nitrogen and oxygen atoms in total. The second kappa shape index (κ2) is 6.46. The lowest BCUT2D eigenvalue weighted by Gasteiger charge is -2.13. The van der Waals surface area contributed by atoms with Gasteiger partial charge in [0.05, 0.1) is 11.6 Å². The molecule has 0 aliphatic carbocycles. The average Bonchev–Trinajstić information content (AvgIpc) is 2.34. The molecule has 1 rings (SSSR count). The lowest BCUT2D eigenvalue weighted by Crippen LogP contribution is -2.26. The van der Waals surface area contributed by atoms with Gasteiger partial charge in [-0.3, -0.25) is 5.32 Å². The summed E-state index contributed by atoms with van der Waals surface area (Å²) in [5, 5.41) is 3.06. The highest BCUT2D eigenvalue weighted by atomic mass is 19.4. The van der Waals surface area contributed by atoms with Gasteiger partial charge in [-0.2, -0.15) is 13.2 Å². The van der Waals surface area contributed by atoms with E-state index in [9.17, 15) is 13.2 Å². The van der Waals surface area contributed by atoms with Crippen molar-refractivity contribution in [3.63, 3.8) is 0 Å². The van der Waals surface area contributed by atoms with Gasteiger partial charge in [-0.25, -0.2) is 0 Å². The number of alkyl halides is 3. The monoisotopic (exact) mass is 255 g/mol. The average molecular weight is 255 g/mol. The fourth-order valence-corrected chi connectivity index (χ4v) is 1.63. The van der Waals surface area contributed by atoms with Gasteiger partial charge in [0.15, 0.2) is 0 Å².